The van der Waals surface area contributed by atoms with E-state index in [1.54, 1.807) is 0 Å². The number of hydrogen-bond donors (Lipinski definition) is 2. The van der Waals surface area contributed by atoms with Crippen LogP contribution in [0.25, 0.3) is 0 Å². The van der Waals surface area contributed by atoms with Crippen LogP contribution in [0.15, 0.2) is 0 Å². The number of carbonyl (C=O) groups is 1. The Morgan fingerprint density at radius 1 is 1.64 bits per heavy atom. The molecule has 3 N–H and O–H groups in total. The highest BCUT2D eigenvalue weighted by molar-refractivity contribution is 5.81. The van der Waals surface area contributed by atoms with Crippen molar-refractivity contribution < 1.29 is 4.79 Å². The van der Waals surface area contributed by atoms with Crippen molar-refractivity contribution in [2.24, 2.45) is 11.1 Å². The molecule has 1 aliphatic rings. The first-order chi connectivity index (χ1) is 6.44. The van der Waals surface area contributed by atoms with E-state index < -0.39 is 0 Å². The molecule has 0 heterocycles. The molecule has 1 amide bonds. The molecular weight excluding hydrogens is 176 g/mol. The molecule has 1 unspecified atom stereocenters. The smallest absolute Gasteiger partial charge is 0.237 e. The minimum atomic E-state index is -0.335. The van der Waals surface area contributed by atoms with E-state index in [1.165, 1.54) is 6.42 Å². The lowest BCUT2D eigenvalue weighted by molar-refractivity contribution is -0.123. The highest BCUT2D eigenvalue weighted by atomic mass is 16.2. The Bertz CT molecular complexity index is 213. The largest absolute Gasteiger partial charge is 0.352 e. The predicted molar refractivity (Wildman–Crippen MR) is 57.8 cm³/mol. The van der Waals surface area contributed by atoms with E-state index in [0.29, 0.717) is 17.9 Å². The number of carbonyl (C=O) groups excluding carboxylic acids is 1. The van der Waals surface area contributed by atoms with Crippen molar-refractivity contribution in [3.05, 3.63) is 0 Å². The van der Waals surface area contributed by atoms with Crippen LogP contribution in [0.1, 0.15) is 46.5 Å². The molecular formula is C11H22N2O. The second-order valence-corrected chi connectivity index (χ2v) is 5.13. The second kappa shape index (κ2) is 4.30. The second-order valence-electron chi connectivity index (χ2n) is 5.13. The number of hydrogen-bond acceptors (Lipinski definition) is 2. The first-order valence-corrected chi connectivity index (χ1v) is 5.50. The zero-order chi connectivity index (χ0) is 10.8. The number of nitrogens with one attached hydrogen (secondary N) is 1. The Morgan fingerprint density at radius 2 is 2.29 bits per heavy atom. The lowest BCUT2D eigenvalue weighted by Crippen LogP contribution is -2.44. The van der Waals surface area contributed by atoms with E-state index in [1.807, 2.05) is 6.92 Å². The van der Waals surface area contributed by atoms with Crippen LogP contribution in [0, 0.1) is 5.41 Å². The van der Waals surface area contributed by atoms with Crippen LogP contribution in [0.4, 0.5) is 0 Å². The molecule has 0 saturated heterocycles. The molecule has 0 aromatic carbocycles. The quantitative estimate of drug-likeness (QED) is 0.720. The maximum absolute atomic E-state index is 11.5. The Balaban J connectivity index is 2.36. The summed E-state index contributed by atoms with van der Waals surface area (Å²) in [7, 11) is 0. The summed E-state index contributed by atoms with van der Waals surface area (Å²) in [5.74, 6) is 0.00944. The third-order valence-corrected chi connectivity index (χ3v) is 3.09. The van der Waals surface area contributed by atoms with Crippen LogP contribution >= 0.6 is 0 Å². The van der Waals surface area contributed by atoms with Crippen LogP contribution in [-0.2, 0) is 4.79 Å². The number of amides is 1. The van der Waals surface area contributed by atoms with Crippen molar-refractivity contribution in [1.82, 2.24) is 5.32 Å². The Kier molecular flexibility index (Phi) is 3.53. The van der Waals surface area contributed by atoms with E-state index in [9.17, 15) is 4.79 Å². The monoisotopic (exact) mass is 198 g/mol. The summed E-state index contributed by atoms with van der Waals surface area (Å²) in [6.07, 6.45) is 4.08. The van der Waals surface area contributed by atoms with Gasteiger partial charge in [0.05, 0.1) is 6.04 Å². The fourth-order valence-corrected chi connectivity index (χ4v) is 2.05. The molecule has 1 aliphatic carbocycles. The normalized spacial score (nSPS) is 27.3. The Labute approximate surface area is 86.4 Å². The molecule has 0 aliphatic heterocycles. The van der Waals surface area contributed by atoms with E-state index in [2.05, 4.69) is 19.2 Å². The molecule has 82 valence electrons. The van der Waals surface area contributed by atoms with Gasteiger partial charge in [-0.1, -0.05) is 20.8 Å². The van der Waals surface area contributed by atoms with Gasteiger partial charge in [0, 0.05) is 6.04 Å². The van der Waals surface area contributed by atoms with Crippen molar-refractivity contribution in [3.63, 3.8) is 0 Å². The van der Waals surface area contributed by atoms with Crippen LogP contribution in [0.3, 0.4) is 0 Å². The number of rotatable bonds is 3. The molecule has 3 heteroatoms. The summed E-state index contributed by atoms with van der Waals surface area (Å²) >= 11 is 0. The minimum absolute atomic E-state index is 0.00944. The van der Waals surface area contributed by atoms with Gasteiger partial charge in [0.25, 0.3) is 0 Å². The molecule has 2 atom stereocenters. The molecule has 1 rings (SSSR count). The van der Waals surface area contributed by atoms with Crippen molar-refractivity contribution in [1.29, 1.82) is 0 Å². The topological polar surface area (TPSA) is 55.1 Å². The fourth-order valence-electron chi connectivity index (χ4n) is 2.05. The molecule has 1 saturated carbocycles. The summed E-state index contributed by atoms with van der Waals surface area (Å²) in [6.45, 7) is 6.43. The minimum Gasteiger partial charge on any atom is -0.352 e. The zero-order valence-electron chi connectivity index (χ0n) is 9.47. The van der Waals surface area contributed by atoms with Crippen molar-refractivity contribution in [2.75, 3.05) is 0 Å². The van der Waals surface area contributed by atoms with Crippen molar-refractivity contribution in [3.8, 4) is 0 Å². The standard InChI is InChI=1S/C11H22N2O/c1-4-9(12)10(14)13-8-5-6-11(2,3)7-8/h8-9H,4-7,12H2,1-3H3,(H,13,14)/t8?,9-/m1/s1. The SMILES string of the molecule is CC[C@@H](N)C(=O)NC1CCC(C)(C)C1. The van der Waals surface area contributed by atoms with Gasteiger partial charge in [-0.2, -0.15) is 0 Å². The van der Waals surface area contributed by atoms with Crippen LogP contribution < -0.4 is 11.1 Å². The Hall–Kier alpha value is -0.570. The lowest BCUT2D eigenvalue weighted by atomic mass is 9.92. The summed E-state index contributed by atoms with van der Waals surface area (Å²) < 4.78 is 0. The van der Waals surface area contributed by atoms with Gasteiger partial charge in [-0.3, -0.25) is 4.79 Å². The zero-order valence-corrected chi connectivity index (χ0v) is 9.47. The van der Waals surface area contributed by atoms with Gasteiger partial charge in [-0.25, -0.2) is 0 Å². The third-order valence-electron chi connectivity index (χ3n) is 3.09. The molecule has 0 bridgehead atoms. The summed E-state index contributed by atoms with van der Waals surface area (Å²) in [5, 5.41) is 3.02. The van der Waals surface area contributed by atoms with Gasteiger partial charge in [0.2, 0.25) is 5.91 Å². The highest BCUT2D eigenvalue weighted by Crippen LogP contribution is 2.36. The summed E-state index contributed by atoms with van der Waals surface area (Å²) in [6, 6.07) is 0.00816. The summed E-state index contributed by atoms with van der Waals surface area (Å²) in [4.78, 5) is 11.5. The van der Waals surface area contributed by atoms with Gasteiger partial charge in [0.1, 0.15) is 0 Å². The van der Waals surface area contributed by atoms with Crippen molar-refractivity contribution in [2.45, 2.75) is 58.5 Å². The lowest BCUT2D eigenvalue weighted by Gasteiger charge is -2.19. The molecule has 0 spiro atoms. The van der Waals surface area contributed by atoms with E-state index in [4.69, 9.17) is 5.73 Å². The van der Waals surface area contributed by atoms with E-state index >= 15 is 0 Å². The average molecular weight is 198 g/mol. The molecule has 0 radical (unpaired) electrons. The van der Waals surface area contributed by atoms with Crippen LogP contribution in [0.5, 0.6) is 0 Å². The third kappa shape index (κ3) is 2.98. The Morgan fingerprint density at radius 3 is 2.71 bits per heavy atom. The first kappa shape index (κ1) is 11.5. The van der Waals surface area contributed by atoms with E-state index in [0.717, 1.165) is 12.8 Å². The van der Waals surface area contributed by atoms with Crippen LogP contribution in [0.2, 0.25) is 0 Å². The summed E-state index contributed by atoms with van der Waals surface area (Å²) in [5.41, 5.74) is 6.03. The van der Waals surface area contributed by atoms with Gasteiger partial charge in [-0.15, -0.1) is 0 Å². The van der Waals surface area contributed by atoms with E-state index in [-0.39, 0.29) is 11.9 Å². The van der Waals surface area contributed by atoms with Gasteiger partial charge in [-0.05, 0) is 31.1 Å². The highest BCUT2D eigenvalue weighted by Gasteiger charge is 2.32. The van der Waals surface area contributed by atoms with Crippen molar-refractivity contribution >= 4 is 5.91 Å². The predicted octanol–water partition coefficient (Wildman–Crippen LogP) is 1.42. The maximum atomic E-state index is 11.5. The molecule has 3 nitrogen and oxygen atoms in total. The molecule has 1 fully saturated rings. The number of nitrogens with two attached hydrogens (primary N) is 1. The van der Waals surface area contributed by atoms with Gasteiger partial charge < -0.3 is 11.1 Å². The molecule has 14 heavy (non-hydrogen) atoms. The first-order valence-electron chi connectivity index (χ1n) is 5.50. The molecule has 0 aromatic rings. The van der Waals surface area contributed by atoms with Crippen LogP contribution in [-0.4, -0.2) is 18.0 Å². The van der Waals surface area contributed by atoms with Gasteiger partial charge >= 0.3 is 0 Å². The fraction of sp³-hybridized carbons (Fsp3) is 0.909. The average Bonchev–Trinajstić information content (AvgIpc) is 2.44. The maximum Gasteiger partial charge on any atom is 0.237 e. The van der Waals surface area contributed by atoms with Gasteiger partial charge in [0.15, 0.2) is 0 Å². The molecule has 0 aromatic heterocycles.